The maximum atomic E-state index is 6.00. The van der Waals surface area contributed by atoms with Crippen LogP contribution in [0.25, 0.3) is 0 Å². The number of ether oxygens (including phenoxy) is 2. The van der Waals surface area contributed by atoms with E-state index in [-0.39, 0.29) is 5.54 Å². The average Bonchev–Trinajstić information content (AvgIpc) is 2.83. The minimum Gasteiger partial charge on any atom is -0.383 e. The largest absolute Gasteiger partial charge is 0.383 e. The SMILES string of the molecule is CCN(CCOC)C(C)(CN)C1CCOC1. The molecule has 1 saturated heterocycles. The van der Waals surface area contributed by atoms with E-state index in [1.807, 2.05) is 0 Å². The molecule has 0 aliphatic carbocycles. The number of rotatable bonds is 7. The van der Waals surface area contributed by atoms with Crippen molar-refractivity contribution < 1.29 is 9.47 Å². The summed E-state index contributed by atoms with van der Waals surface area (Å²) in [7, 11) is 1.74. The first-order valence-corrected chi connectivity index (χ1v) is 6.20. The summed E-state index contributed by atoms with van der Waals surface area (Å²) < 4.78 is 10.7. The zero-order valence-electron chi connectivity index (χ0n) is 10.9. The molecule has 0 aromatic carbocycles. The number of methoxy groups -OCH3 is 1. The van der Waals surface area contributed by atoms with Crippen LogP contribution in [-0.4, -0.2) is 57.0 Å². The fraction of sp³-hybridized carbons (Fsp3) is 1.00. The molecule has 0 saturated carbocycles. The van der Waals surface area contributed by atoms with Crippen molar-refractivity contribution in [1.82, 2.24) is 4.90 Å². The van der Waals surface area contributed by atoms with Gasteiger partial charge in [-0.05, 0) is 19.9 Å². The monoisotopic (exact) mass is 230 g/mol. The molecule has 16 heavy (non-hydrogen) atoms. The predicted octanol–water partition coefficient (Wildman–Crippen LogP) is 0.709. The Morgan fingerprint density at radius 2 is 2.31 bits per heavy atom. The lowest BCUT2D eigenvalue weighted by molar-refractivity contribution is 0.0291. The summed E-state index contributed by atoms with van der Waals surface area (Å²) >= 11 is 0. The average molecular weight is 230 g/mol. The summed E-state index contributed by atoms with van der Waals surface area (Å²) in [5.41, 5.74) is 6.04. The molecule has 0 amide bonds. The Labute approximate surface area is 99.1 Å². The number of hydrogen-bond acceptors (Lipinski definition) is 4. The molecule has 0 bridgehead atoms. The van der Waals surface area contributed by atoms with Gasteiger partial charge in [-0.25, -0.2) is 0 Å². The van der Waals surface area contributed by atoms with Gasteiger partial charge in [0.2, 0.25) is 0 Å². The van der Waals surface area contributed by atoms with Gasteiger partial charge in [0.25, 0.3) is 0 Å². The Hall–Kier alpha value is -0.160. The van der Waals surface area contributed by atoms with Crippen molar-refractivity contribution in [2.75, 3.05) is 46.6 Å². The maximum absolute atomic E-state index is 6.00. The molecule has 1 fully saturated rings. The Kier molecular flexibility index (Phi) is 5.69. The minimum atomic E-state index is 0.0454. The minimum absolute atomic E-state index is 0.0454. The Bertz CT molecular complexity index is 195. The van der Waals surface area contributed by atoms with Crippen LogP contribution in [0.15, 0.2) is 0 Å². The van der Waals surface area contributed by atoms with Crippen molar-refractivity contribution in [3.8, 4) is 0 Å². The Morgan fingerprint density at radius 1 is 1.56 bits per heavy atom. The van der Waals surface area contributed by atoms with E-state index in [0.717, 1.165) is 39.3 Å². The molecule has 2 atom stereocenters. The molecular weight excluding hydrogens is 204 g/mol. The molecule has 1 rings (SSSR count). The lowest BCUT2D eigenvalue weighted by Gasteiger charge is -2.44. The van der Waals surface area contributed by atoms with Gasteiger partial charge in [0, 0.05) is 38.3 Å². The maximum Gasteiger partial charge on any atom is 0.0589 e. The number of likely N-dealkylation sites (N-methyl/N-ethyl adjacent to an activating group) is 1. The van der Waals surface area contributed by atoms with Crippen LogP contribution in [0.4, 0.5) is 0 Å². The summed E-state index contributed by atoms with van der Waals surface area (Å²) in [6.45, 7) is 9.55. The van der Waals surface area contributed by atoms with E-state index in [1.165, 1.54) is 0 Å². The molecule has 2 N–H and O–H groups in total. The van der Waals surface area contributed by atoms with Crippen molar-refractivity contribution in [1.29, 1.82) is 0 Å². The second-order valence-corrected chi connectivity index (χ2v) is 4.69. The summed E-state index contributed by atoms with van der Waals surface area (Å²) in [4.78, 5) is 2.43. The third-order valence-corrected chi connectivity index (χ3v) is 3.89. The highest BCUT2D eigenvalue weighted by molar-refractivity contribution is 4.95. The van der Waals surface area contributed by atoms with Crippen LogP contribution < -0.4 is 5.73 Å². The van der Waals surface area contributed by atoms with Crippen molar-refractivity contribution >= 4 is 0 Å². The molecular formula is C12H26N2O2. The molecule has 0 aromatic rings. The quantitative estimate of drug-likeness (QED) is 0.700. The Morgan fingerprint density at radius 3 is 2.75 bits per heavy atom. The van der Waals surface area contributed by atoms with Crippen molar-refractivity contribution in [3.63, 3.8) is 0 Å². The smallest absolute Gasteiger partial charge is 0.0589 e. The van der Waals surface area contributed by atoms with Crippen molar-refractivity contribution in [2.45, 2.75) is 25.8 Å². The van der Waals surface area contributed by atoms with E-state index < -0.39 is 0 Å². The Balaban J connectivity index is 2.66. The zero-order chi connectivity index (χ0) is 12.0. The fourth-order valence-corrected chi connectivity index (χ4v) is 2.56. The van der Waals surface area contributed by atoms with Crippen LogP contribution >= 0.6 is 0 Å². The van der Waals surface area contributed by atoms with Gasteiger partial charge in [0.05, 0.1) is 13.2 Å². The van der Waals surface area contributed by atoms with Crippen molar-refractivity contribution in [3.05, 3.63) is 0 Å². The van der Waals surface area contributed by atoms with Crippen LogP contribution in [-0.2, 0) is 9.47 Å². The summed E-state index contributed by atoms with van der Waals surface area (Å²) in [6, 6.07) is 0. The van der Waals surface area contributed by atoms with Gasteiger partial charge in [-0.1, -0.05) is 6.92 Å². The van der Waals surface area contributed by atoms with Gasteiger partial charge in [0.15, 0.2) is 0 Å². The van der Waals surface area contributed by atoms with Gasteiger partial charge in [-0.15, -0.1) is 0 Å². The van der Waals surface area contributed by atoms with E-state index >= 15 is 0 Å². The molecule has 4 heteroatoms. The van der Waals surface area contributed by atoms with Gasteiger partial charge < -0.3 is 15.2 Å². The van der Waals surface area contributed by atoms with E-state index in [2.05, 4.69) is 18.7 Å². The van der Waals surface area contributed by atoms with Crippen LogP contribution in [0.3, 0.4) is 0 Å². The molecule has 0 spiro atoms. The van der Waals surface area contributed by atoms with E-state index in [0.29, 0.717) is 12.5 Å². The first-order chi connectivity index (χ1) is 7.69. The van der Waals surface area contributed by atoms with Crippen LogP contribution in [0.2, 0.25) is 0 Å². The van der Waals surface area contributed by atoms with Crippen LogP contribution in [0.1, 0.15) is 20.3 Å². The standard InChI is InChI=1S/C12H26N2O2/c1-4-14(6-8-15-3)12(2,10-13)11-5-7-16-9-11/h11H,4-10,13H2,1-3H3. The summed E-state index contributed by atoms with van der Waals surface area (Å²) in [6.07, 6.45) is 1.12. The highest BCUT2D eigenvalue weighted by Crippen LogP contribution is 2.30. The molecule has 1 aliphatic rings. The predicted molar refractivity (Wildman–Crippen MR) is 65.5 cm³/mol. The van der Waals surface area contributed by atoms with E-state index in [1.54, 1.807) is 7.11 Å². The number of nitrogens with zero attached hydrogens (tertiary/aromatic N) is 1. The molecule has 2 unspecified atom stereocenters. The second-order valence-electron chi connectivity index (χ2n) is 4.69. The zero-order valence-corrected chi connectivity index (χ0v) is 10.9. The molecule has 1 heterocycles. The van der Waals surface area contributed by atoms with Crippen LogP contribution in [0, 0.1) is 5.92 Å². The van der Waals surface area contributed by atoms with Crippen molar-refractivity contribution in [2.24, 2.45) is 11.7 Å². The lowest BCUT2D eigenvalue weighted by atomic mass is 9.83. The molecule has 4 nitrogen and oxygen atoms in total. The fourth-order valence-electron chi connectivity index (χ4n) is 2.56. The van der Waals surface area contributed by atoms with Gasteiger partial charge in [0.1, 0.15) is 0 Å². The third kappa shape index (κ3) is 2.94. The van der Waals surface area contributed by atoms with Crippen LogP contribution in [0.5, 0.6) is 0 Å². The summed E-state index contributed by atoms with van der Waals surface area (Å²) in [5, 5.41) is 0. The summed E-state index contributed by atoms with van der Waals surface area (Å²) in [5.74, 6) is 0.550. The molecule has 0 radical (unpaired) electrons. The number of hydrogen-bond donors (Lipinski definition) is 1. The number of nitrogens with two attached hydrogens (primary N) is 1. The normalized spacial score (nSPS) is 24.9. The molecule has 1 aliphatic heterocycles. The molecule has 0 aromatic heterocycles. The first kappa shape index (κ1) is 13.9. The second kappa shape index (κ2) is 6.55. The van der Waals surface area contributed by atoms with Gasteiger partial charge in [-0.3, -0.25) is 4.90 Å². The topological polar surface area (TPSA) is 47.7 Å². The van der Waals surface area contributed by atoms with E-state index in [9.17, 15) is 0 Å². The first-order valence-electron chi connectivity index (χ1n) is 6.20. The highest BCUT2D eigenvalue weighted by atomic mass is 16.5. The van der Waals surface area contributed by atoms with E-state index in [4.69, 9.17) is 15.2 Å². The lowest BCUT2D eigenvalue weighted by Crippen LogP contribution is -2.57. The molecule has 96 valence electrons. The third-order valence-electron chi connectivity index (χ3n) is 3.89. The highest BCUT2D eigenvalue weighted by Gasteiger charge is 2.39. The van der Waals surface area contributed by atoms with Gasteiger partial charge >= 0.3 is 0 Å². The van der Waals surface area contributed by atoms with Gasteiger partial charge in [-0.2, -0.15) is 0 Å².